The van der Waals surface area contributed by atoms with Gasteiger partial charge in [0.05, 0.1) is 29.0 Å². The van der Waals surface area contributed by atoms with Gasteiger partial charge in [-0.2, -0.15) is 0 Å². The minimum absolute atomic E-state index is 0.134. The lowest BCUT2D eigenvalue weighted by Gasteiger charge is -2.25. The monoisotopic (exact) mass is 542 g/mol. The van der Waals surface area contributed by atoms with Crippen LogP contribution in [0.3, 0.4) is 0 Å². The molecular weight excluding hydrogens is 516 g/mol. The molecule has 0 radical (unpaired) electrons. The van der Waals surface area contributed by atoms with E-state index in [1.807, 2.05) is 91.2 Å². The molecule has 0 bridgehead atoms. The first kappa shape index (κ1) is 25.8. The first-order valence-corrected chi connectivity index (χ1v) is 14.0. The van der Waals surface area contributed by atoms with Gasteiger partial charge in [-0.3, -0.25) is 9.36 Å². The molecule has 1 atom stereocenters. The Kier molecular flexibility index (Phi) is 7.62. The van der Waals surface area contributed by atoms with Crippen LogP contribution in [0.5, 0.6) is 5.75 Å². The van der Waals surface area contributed by atoms with Crippen LogP contribution in [0.4, 0.5) is 0 Å². The summed E-state index contributed by atoms with van der Waals surface area (Å²) in [5.41, 5.74) is 3.23. The van der Waals surface area contributed by atoms with Gasteiger partial charge >= 0.3 is 5.97 Å². The van der Waals surface area contributed by atoms with Crippen LogP contribution in [0.15, 0.2) is 105 Å². The minimum atomic E-state index is -0.655. The van der Waals surface area contributed by atoms with Gasteiger partial charge in [0, 0.05) is 4.90 Å². The summed E-state index contributed by atoms with van der Waals surface area (Å²) in [5.74, 6) is 0.216. The number of allylic oxidation sites excluding steroid dienone is 1. The van der Waals surface area contributed by atoms with E-state index >= 15 is 0 Å². The minimum Gasteiger partial charge on any atom is -0.497 e. The molecule has 0 amide bonds. The normalized spacial score (nSPS) is 15.1. The molecule has 0 N–H and O–H groups in total. The fraction of sp³-hybridized carbons (Fsp3) is 0.167. The number of rotatable bonds is 7. The van der Waals surface area contributed by atoms with E-state index in [-0.39, 0.29) is 12.2 Å². The molecule has 8 heteroatoms. The average molecular weight is 543 g/mol. The van der Waals surface area contributed by atoms with Crippen molar-refractivity contribution >= 4 is 35.1 Å². The summed E-state index contributed by atoms with van der Waals surface area (Å²) in [6, 6.07) is 24.3. The largest absolute Gasteiger partial charge is 0.497 e. The maximum atomic E-state index is 13.8. The topological polar surface area (TPSA) is 69.9 Å². The second-order valence-corrected chi connectivity index (χ2v) is 10.6. The van der Waals surface area contributed by atoms with Crippen molar-refractivity contribution in [1.29, 1.82) is 0 Å². The molecule has 1 unspecified atom stereocenters. The third-order valence-electron chi connectivity index (χ3n) is 6.28. The molecule has 0 fully saturated rings. The average Bonchev–Trinajstić information content (AvgIpc) is 3.25. The number of hydrogen-bond acceptors (Lipinski definition) is 7. The molecule has 6 nitrogen and oxygen atoms in total. The predicted molar refractivity (Wildman–Crippen MR) is 151 cm³/mol. The molecule has 0 saturated heterocycles. The van der Waals surface area contributed by atoms with E-state index in [1.165, 1.54) is 11.3 Å². The highest BCUT2D eigenvalue weighted by molar-refractivity contribution is 7.98. The van der Waals surface area contributed by atoms with Gasteiger partial charge in [-0.1, -0.05) is 65.9 Å². The molecule has 2 heterocycles. The van der Waals surface area contributed by atoms with Crippen LogP contribution >= 0.6 is 23.1 Å². The highest BCUT2D eigenvalue weighted by Gasteiger charge is 2.33. The number of carbonyl (C=O) groups excluding carboxylic acids is 1. The Balaban J connectivity index is 1.61. The van der Waals surface area contributed by atoms with Gasteiger partial charge in [-0.25, -0.2) is 9.79 Å². The van der Waals surface area contributed by atoms with E-state index < -0.39 is 12.0 Å². The van der Waals surface area contributed by atoms with Gasteiger partial charge in [-0.15, -0.1) is 11.8 Å². The van der Waals surface area contributed by atoms with Crippen molar-refractivity contribution in [3.8, 4) is 5.75 Å². The molecule has 192 valence electrons. The number of aromatic nitrogens is 1. The van der Waals surface area contributed by atoms with E-state index in [0.717, 1.165) is 21.6 Å². The highest BCUT2D eigenvalue weighted by atomic mass is 32.2. The number of nitrogens with zero attached hydrogens (tertiary/aromatic N) is 2. The zero-order chi connectivity index (χ0) is 26.6. The number of esters is 1. The van der Waals surface area contributed by atoms with Crippen LogP contribution in [0.1, 0.15) is 29.7 Å². The number of ether oxygens (including phenoxy) is 2. The Morgan fingerprint density at radius 1 is 1.08 bits per heavy atom. The van der Waals surface area contributed by atoms with Crippen LogP contribution in [0, 0.1) is 0 Å². The van der Waals surface area contributed by atoms with Gasteiger partial charge < -0.3 is 9.47 Å². The van der Waals surface area contributed by atoms with Crippen LogP contribution in [-0.4, -0.2) is 23.9 Å². The molecule has 0 spiro atoms. The Morgan fingerprint density at radius 3 is 2.55 bits per heavy atom. The number of hydrogen-bond donors (Lipinski definition) is 0. The summed E-state index contributed by atoms with van der Waals surface area (Å²) in [7, 11) is 1.61. The van der Waals surface area contributed by atoms with Crippen molar-refractivity contribution in [2.45, 2.75) is 24.5 Å². The Morgan fingerprint density at radius 2 is 1.84 bits per heavy atom. The van der Waals surface area contributed by atoms with Crippen LogP contribution < -0.4 is 19.6 Å². The fourth-order valence-electron chi connectivity index (χ4n) is 4.37. The summed E-state index contributed by atoms with van der Waals surface area (Å²) in [6.07, 6.45) is 3.83. The van der Waals surface area contributed by atoms with E-state index in [4.69, 9.17) is 9.47 Å². The van der Waals surface area contributed by atoms with E-state index in [1.54, 1.807) is 30.4 Å². The molecule has 4 aromatic rings. The smallest absolute Gasteiger partial charge is 0.338 e. The molecular formula is C30H26N2O4S2. The summed E-state index contributed by atoms with van der Waals surface area (Å²) in [6.45, 7) is 1.93. The van der Waals surface area contributed by atoms with E-state index in [9.17, 15) is 9.59 Å². The highest BCUT2D eigenvalue weighted by Crippen LogP contribution is 2.32. The Bertz CT molecular complexity index is 1690. The molecule has 1 aliphatic heterocycles. The van der Waals surface area contributed by atoms with Crippen LogP contribution in [0.2, 0.25) is 0 Å². The van der Waals surface area contributed by atoms with Gasteiger partial charge in [-0.05, 0) is 60.2 Å². The third-order valence-corrected chi connectivity index (χ3v) is 8.00. The molecule has 0 aliphatic carbocycles. The number of thioether (sulfide) groups is 1. The Labute approximate surface area is 228 Å². The predicted octanol–water partition coefficient (Wildman–Crippen LogP) is 4.71. The van der Waals surface area contributed by atoms with Crippen molar-refractivity contribution in [1.82, 2.24) is 4.57 Å². The summed E-state index contributed by atoms with van der Waals surface area (Å²) >= 11 is 2.93. The second-order valence-electron chi connectivity index (χ2n) is 8.69. The lowest BCUT2D eigenvalue weighted by atomic mass is 9.96. The zero-order valence-electron chi connectivity index (χ0n) is 21.2. The zero-order valence-corrected chi connectivity index (χ0v) is 22.8. The molecule has 3 aromatic carbocycles. The lowest BCUT2D eigenvalue weighted by molar-refractivity contribution is -0.140. The molecule has 5 rings (SSSR count). The van der Waals surface area contributed by atoms with Crippen molar-refractivity contribution < 1.29 is 14.3 Å². The summed E-state index contributed by atoms with van der Waals surface area (Å²) < 4.78 is 13.2. The number of carbonyl (C=O) groups is 1. The number of thiazole rings is 1. The fourth-order valence-corrected chi connectivity index (χ4v) is 5.82. The second kappa shape index (κ2) is 11.2. The summed E-state index contributed by atoms with van der Waals surface area (Å²) in [5, 5.41) is 0. The third kappa shape index (κ3) is 5.23. The van der Waals surface area contributed by atoms with Gasteiger partial charge in [0.15, 0.2) is 4.80 Å². The quantitative estimate of drug-likeness (QED) is 0.250. The Hall–Kier alpha value is -3.88. The van der Waals surface area contributed by atoms with Crippen molar-refractivity contribution in [3.05, 3.63) is 127 Å². The molecule has 0 saturated carbocycles. The lowest BCUT2D eigenvalue weighted by Crippen LogP contribution is -2.39. The van der Waals surface area contributed by atoms with Crippen molar-refractivity contribution in [2.24, 2.45) is 4.99 Å². The van der Waals surface area contributed by atoms with E-state index in [2.05, 4.69) is 4.99 Å². The number of methoxy groups -OCH3 is 1. The number of fused-ring (bicyclic) bond motifs is 1. The maximum absolute atomic E-state index is 13.8. The first-order chi connectivity index (χ1) is 18.5. The van der Waals surface area contributed by atoms with Gasteiger partial charge in [0.1, 0.15) is 12.4 Å². The first-order valence-electron chi connectivity index (χ1n) is 12.0. The summed E-state index contributed by atoms with van der Waals surface area (Å²) in [4.78, 5) is 33.6. The van der Waals surface area contributed by atoms with Gasteiger partial charge in [0.2, 0.25) is 0 Å². The van der Waals surface area contributed by atoms with Crippen molar-refractivity contribution in [3.63, 3.8) is 0 Å². The SMILES string of the molecule is COc1cccc(C=c2sc3n(c2=O)C(c2ccc(SC)cc2)C(C(=O)OCc2ccccc2)=C(C)N=3)c1. The number of benzene rings is 3. The standard InChI is InChI=1S/C30H26N2O4S2/c1-19-26(29(34)36-18-20-8-5-4-6-9-20)27(22-12-14-24(37-3)15-13-22)32-28(33)25(38-30(32)31-19)17-21-10-7-11-23(16-21)35-2/h4-17,27H,18H2,1-3H3. The molecule has 1 aromatic heterocycles. The van der Waals surface area contributed by atoms with Crippen LogP contribution in [0.25, 0.3) is 6.08 Å². The van der Waals surface area contributed by atoms with Crippen LogP contribution in [-0.2, 0) is 16.1 Å². The van der Waals surface area contributed by atoms with Gasteiger partial charge in [0.25, 0.3) is 5.56 Å². The van der Waals surface area contributed by atoms with E-state index in [0.29, 0.717) is 26.4 Å². The molecule has 1 aliphatic rings. The maximum Gasteiger partial charge on any atom is 0.338 e. The molecule has 38 heavy (non-hydrogen) atoms. The van der Waals surface area contributed by atoms with Crippen molar-refractivity contribution in [2.75, 3.05) is 13.4 Å².